The molecule has 5 heteroatoms. The number of hydrogen-bond donors (Lipinski definition) is 1. The van der Waals surface area contributed by atoms with Crippen LogP contribution in [0.3, 0.4) is 0 Å². The van der Waals surface area contributed by atoms with Crippen molar-refractivity contribution in [1.29, 1.82) is 0 Å². The second kappa shape index (κ2) is 5.69. The third-order valence-electron chi connectivity index (χ3n) is 2.42. The third-order valence-corrected chi connectivity index (χ3v) is 3.64. The summed E-state index contributed by atoms with van der Waals surface area (Å²) in [6.07, 6.45) is 1.71. The summed E-state index contributed by atoms with van der Waals surface area (Å²) in [7, 11) is 2.05. The Morgan fingerprint density at radius 1 is 1.41 bits per heavy atom. The minimum Gasteiger partial charge on any atom is -0.468 e. The molecule has 0 aliphatic carbocycles. The molecule has 0 saturated carbocycles. The van der Waals surface area contributed by atoms with Gasteiger partial charge in [-0.1, -0.05) is 11.6 Å². The lowest BCUT2D eigenvalue weighted by Gasteiger charge is -2.13. The van der Waals surface area contributed by atoms with E-state index in [0.29, 0.717) is 6.54 Å². The van der Waals surface area contributed by atoms with Crippen LogP contribution in [0.4, 0.5) is 0 Å². The fourth-order valence-electron chi connectivity index (χ4n) is 1.64. The van der Waals surface area contributed by atoms with Gasteiger partial charge in [-0.2, -0.15) is 0 Å². The molecule has 0 aliphatic heterocycles. The second-order valence-corrected chi connectivity index (χ2v) is 5.80. The van der Waals surface area contributed by atoms with Gasteiger partial charge in [-0.3, -0.25) is 4.90 Å². The van der Waals surface area contributed by atoms with Crippen molar-refractivity contribution in [3.05, 3.63) is 45.0 Å². The lowest BCUT2D eigenvalue weighted by molar-refractivity contribution is 0.290. The maximum absolute atomic E-state index is 5.89. The molecular weight excluding hydrogens is 256 g/mol. The van der Waals surface area contributed by atoms with Crippen molar-refractivity contribution >= 4 is 22.9 Å². The molecular formula is C12H15ClN2OS. The van der Waals surface area contributed by atoms with Gasteiger partial charge in [0, 0.05) is 23.5 Å². The number of rotatable bonds is 5. The molecule has 0 spiro atoms. The molecule has 2 N–H and O–H groups in total. The Morgan fingerprint density at radius 2 is 2.24 bits per heavy atom. The van der Waals surface area contributed by atoms with E-state index in [1.807, 2.05) is 12.1 Å². The van der Waals surface area contributed by atoms with Crippen LogP contribution in [0, 0.1) is 0 Å². The molecule has 0 fully saturated rings. The molecule has 0 amide bonds. The standard InChI is InChI=1S/C12H15ClN2OS/c1-15(7-11-2-3-12(13)17-11)6-10-4-9(5-14)8-16-10/h2-4,8H,5-7,14H2,1H3. The van der Waals surface area contributed by atoms with Crippen LogP contribution in [-0.4, -0.2) is 11.9 Å². The van der Waals surface area contributed by atoms with Crippen molar-refractivity contribution in [2.24, 2.45) is 5.73 Å². The first-order valence-electron chi connectivity index (χ1n) is 5.36. The van der Waals surface area contributed by atoms with Gasteiger partial charge in [-0.05, 0) is 25.2 Å². The predicted octanol–water partition coefficient (Wildman–Crippen LogP) is 3.09. The van der Waals surface area contributed by atoms with Gasteiger partial charge in [0.1, 0.15) is 5.76 Å². The van der Waals surface area contributed by atoms with Crippen LogP contribution in [0.5, 0.6) is 0 Å². The SMILES string of the molecule is CN(Cc1cc(CN)co1)Cc1ccc(Cl)s1. The molecule has 17 heavy (non-hydrogen) atoms. The monoisotopic (exact) mass is 270 g/mol. The fraction of sp³-hybridized carbons (Fsp3) is 0.333. The van der Waals surface area contributed by atoms with Crippen molar-refractivity contribution in [3.8, 4) is 0 Å². The molecule has 2 heterocycles. The van der Waals surface area contributed by atoms with E-state index in [2.05, 4.69) is 18.0 Å². The van der Waals surface area contributed by atoms with Gasteiger partial charge >= 0.3 is 0 Å². The normalized spacial score (nSPS) is 11.3. The highest BCUT2D eigenvalue weighted by Gasteiger charge is 2.07. The molecule has 2 aromatic heterocycles. The summed E-state index contributed by atoms with van der Waals surface area (Å²) in [5.74, 6) is 0.940. The van der Waals surface area contributed by atoms with Crippen molar-refractivity contribution < 1.29 is 4.42 Å². The largest absolute Gasteiger partial charge is 0.468 e. The highest BCUT2D eigenvalue weighted by molar-refractivity contribution is 7.16. The highest BCUT2D eigenvalue weighted by atomic mass is 35.5. The minimum absolute atomic E-state index is 0.522. The van der Waals surface area contributed by atoms with Gasteiger partial charge < -0.3 is 10.2 Å². The molecule has 0 aromatic carbocycles. The lowest BCUT2D eigenvalue weighted by atomic mass is 10.3. The summed E-state index contributed by atoms with van der Waals surface area (Å²) in [5, 5.41) is 0. The molecule has 0 saturated heterocycles. The van der Waals surface area contributed by atoms with Gasteiger partial charge in [0.2, 0.25) is 0 Å². The van der Waals surface area contributed by atoms with Gasteiger partial charge in [0.15, 0.2) is 0 Å². The van der Waals surface area contributed by atoms with Crippen molar-refractivity contribution in [2.75, 3.05) is 7.05 Å². The Kier molecular flexibility index (Phi) is 4.23. The van der Waals surface area contributed by atoms with Gasteiger partial charge in [-0.25, -0.2) is 0 Å². The Balaban J connectivity index is 1.90. The zero-order valence-electron chi connectivity index (χ0n) is 9.65. The predicted molar refractivity (Wildman–Crippen MR) is 71.1 cm³/mol. The van der Waals surface area contributed by atoms with E-state index in [-0.39, 0.29) is 0 Å². The summed E-state index contributed by atoms with van der Waals surface area (Å²) in [6.45, 7) is 2.17. The van der Waals surface area contributed by atoms with Gasteiger partial charge in [-0.15, -0.1) is 11.3 Å². The van der Waals surface area contributed by atoms with E-state index >= 15 is 0 Å². The number of furan rings is 1. The van der Waals surface area contributed by atoms with E-state index < -0.39 is 0 Å². The average molecular weight is 271 g/mol. The number of nitrogens with two attached hydrogens (primary N) is 1. The van der Waals surface area contributed by atoms with Gasteiger partial charge in [0.05, 0.1) is 17.1 Å². The van der Waals surface area contributed by atoms with Crippen LogP contribution in [-0.2, 0) is 19.6 Å². The van der Waals surface area contributed by atoms with Crippen LogP contribution < -0.4 is 5.73 Å². The Hall–Kier alpha value is -0.810. The maximum Gasteiger partial charge on any atom is 0.118 e. The quantitative estimate of drug-likeness (QED) is 0.908. The highest BCUT2D eigenvalue weighted by Crippen LogP contribution is 2.22. The smallest absolute Gasteiger partial charge is 0.118 e. The summed E-state index contributed by atoms with van der Waals surface area (Å²) < 4.78 is 6.26. The fourth-order valence-corrected chi connectivity index (χ4v) is 2.81. The van der Waals surface area contributed by atoms with Crippen LogP contribution in [0.25, 0.3) is 0 Å². The average Bonchev–Trinajstić information content (AvgIpc) is 2.88. The van der Waals surface area contributed by atoms with Gasteiger partial charge in [0.25, 0.3) is 0 Å². The maximum atomic E-state index is 5.89. The molecule has 2 aromatic rings. The first kappa shape index (κ1) is 12.6. The Bertz CT molecular complexity index is 480. The van der Waals surface area contributed by atoms with E-state index in [0.717, 1.165) is 28.7 Å². The lowest BCUT2D eigenvalue weighted by Crippen LogP contribution is -2.16. The molecule has 3 nitrogen and oxygen atoms in total. The summed E-state index contributed by atoms with van der Waals surface area (Å²) in [6, 6.07) is 5.98. The number of hydrogen-bond acceptors (Lipinski definition) is 4. The van der Waals surface area contributed by atoms with E-state index in [9.17, 15) is 0 Å². The Morgan fingerprint density at radius 3 is 2.82 bits per heavy atom. The zero-order chi connectivity index (χ0) is 12.3. The van der Waals surface area contributed by atoms with Crippen molar-refractivity contribution in [1.82, 2.24) is 4.90 Å². The topological polar surface area (TPSA) is 42.4 Å². The minimum atomic E-state index is 0.522. The molecule has 0 bridgehead atoms. The van der Waals surface area contributed by atoms with E-state index in [1.54, 1.807) is 17.6 Å². The van der Waals surface area contributed by atoms with E-state index in [1.165, 1.54) is 4.88 Å². The number of halogens is 1. The molecule has 0 radical (unpaired) electrons. The molecule has 92 valence electrons. The number of nitrogens with zero attached hydrogens (tertiary/aromatic N) is 1. The molecule has 0 unspecified atom stereocenters. The third kappa shape index (κ3) is 3.57. The van der Waals surface area contributed by atoms with Crippen LogP contribution in [0.2, 0.25) is 4.34 Å². The summed E-state index contributed by atoms with van der Waals surface area (Å²) >= 11 is 7.50. The summed E-state index contributed by atoms with van der Waals surface area (Å²) in [5.41, 5.74) is 6.57. The van der Waals surface area contributed by atoms with E-state index in [4.69, 9.17) is 21.8 Å². The zero-order valence-corrected chi connectivity index (χ0v) is 11.2. The van der Waals surface area contributed by atoms with Crippen LogP contribution in [0.1, 0.15) is 16.2 Å². The first-order chi connectivity index (χ1) is 8.17. The molecule has 0 atom stereocenters. The Labute approximate surface area is 110 Å². The van der Waals surface area contributed by atoms with Crippen molar-refractivity contribution in [2.45, 2.75) is 19.6 Å². The summed E-state index contributed by atoms with van der Waals surface area (Å²) in [4.78, 5) is 3.43. The second-order valence-electron chi connectivity index (χ2n) is 4.00. The number of thiophene rings is 1. The van der Waals surface area contributed by atoms with Crippen molar-refractivity contribution in [3.63, 3.8) is 0 Å². The molecule has 0 aliphatic rings. The molecule has 2 rings (SSSR count). The van der Waals surface area contributed by atoms with Crippen LogP contribution in [0.15, 0.2) is 28.9 Å². The first-order valence-corrected chi connectivity index (χ1v) is 6.56. The van der Waals surface area contributed by atoms with Crippen LogP contribution >= 0.6 is 22.9 Å².